The third-order valence-corrected chi connectivity index (χ3v) is 3.61. The molecule has 24 heavy (non-hydrogen) atoms. The van der Waals surface area contributed by atoms with Crippen LogP contribution in [-0.4, -0.2) is 17.6 Å². The SMILES string of the molecule is COc1cccc(NC(=O)Cn2ccc(=O)c3cccc(F)c32)c1. The van der Waals surface area contributed by atoms with E-state index < -0.39 is 5.82 Å². The maximum Gasteiger partial charge on any atom is 0.244 e. The van der Waals surface area contributed by atoms with Crippen LogP contribution in [0.5, 0.6) is 5.75 Å². The number of carbonyl (C=O) groups is 1. The minimum atomic E-state index is -0.542. The second-order valence-corrected chi connectivity index (χ2v) is 5.22. The van der Waals surface area contributed by atoms with E-state index in [0.29, 0.717) is 11.4 Å². The molecular weight excluding hydrogens is 311 g/mol. The number of ether oxygens (including phenoxy) is 1. The maximum absolute atomic E-state index is 14.1. The number of hydrogen-bond donors (Lipinski definition) is 1. The number of aromatic nitrogens is 1. The molecule has 0 unspecified atom stereocenters. The van der Waals surface area contributed by atoms with E-state index in [4.69, 9.17) is 4.74 Å². The summed E-state index contributed by atoms with van der Waals surface area (Å²) in [6, 6.07) is 12.5. The highest BCUT2D eigenvalue weighted by molar-refractivity contribution is 5.92. The molecule has 1 amide bonds. The van der Waals surface area contributed by atoms with Gasteiger partial charge in [0.2, 0.25) is 5.91 Å². The number of hydrogen-bond acceptors (Lipinski definition) is 3. The quantitative estimate of drug-likeness (QED) is 0.802. The minimum absolute atomic E-state index is 0.116. The summed E-state index contributed by atoms with van der Waals surface area (Å²) in [5.74, 6) is -0.261. The number of benzene rings is 2. The van der Waals surface area contributed by atoms with Gasteiger partial charge in [0.1, 0.15) is 18.1 Å². The second-order valence-electron chi connectivity index (χ2n) is 5.22. The van der Waals surface area contributed by atoms with Crippen LogP contribution in [-0.2, 0) is 11.3 Å². The standard InChI is InChI=1S/C18H15FN2O3/c1-24-13-5-2-4-12(10-13)20-17(23)11-21-9-8-16(22)14-6-3-7-15(19)18(14)21/h2-10H,11H2,1H3,(H,20,23). The fourth-order valence-electron chi connectivity index (χ4n) is 2.52. The molecule has 3 aromatic rings. The monoisotopic (exact) mass is 326 g/mol. The molecule has 0 aliphatic rings. The predicted octanol–water partition coefficient (Wildman–Crippen LogP) is 2.79. The van der Waals surface area contributed by atoms with Crippen molar-refractivity contribution in [3.8, 4) is 5.75 Å². The number of para-hydroxylation sites is 1. The van der Waals surface area contributed by atoms with Crippen molar-refractivity contribution in [1.82, 2.24) is 4.57 Å². The number of nitrogens with zero attached hydrogens (tertiary/aromatic N) is 1. The summed E-state index contributed by atoms with van der Waals surface area (Å²) in [4.78, 5) is 24.1. The van der Waals surface area contributed by atoms with E-state index in [-0.39, 0.29) is 28.8 Å². The highest BCUT2D eigenvalue weighted by Gasteiger charge is 2.11. The lowest BCUT2D eigenvalue weighted by Gasteiger charge is -2.12. The van der Waals surface area contributed by atoms with Gasteiger partial charge in [-0.25, -0.2) is 4.39 Å². The Labute approximate surface area is 137 Å². The number of methoxy groups -OCH3 is 1. The van der Waals surface area contributed by atoms with Crippen LogP contribution in [0.2, 0.25) is 0 Å². The number of halogens is 1. The van der Waals surface area contributed by atoms with Crippen LogP contribution >= 0.6 is 0 Å². The van der Waals surface area contributed by atoms with Crippen LogP contribution in [0, 0.1) is 5.82 Å². The number of anilines is 1. The molecule has 1 N–H and O–H groups in total. The summed E-state index contributed by atoms with van der Waals surface area (Å²) in [5, 5.41) is 2.97. The lowest BCUT2D eigenvalue weighted by atomic mass is 10.2. The van der Waals surface area contributed by atoms with Crippen molar-refractivity contribution in [2.24, 2.45) is 0 Å². The molecule has 0 saturated heterocycles. The van der Waals surface area contributed by atoms with Gasteiger partial charge in [0.25, 0.3) is 0 Å². The third-order valence-electron chi connectivity index (χ3n) is 3.61. The highest BCUT2D eigenvalue weighted by Crippen LogP contribution is 2.18. The van der Waals surface area contributed by atoms with Gasteiger partial charge in [-0.2, -0.15) is 0 Å². The van der Waals surface area contributed by atoms with Gasteiger partial charge >= 0.3 is 0 Å². The van der Waals surface area contributed by atoms with E-state index in [2.05, 4.69) is 5.32 Å². The van der Waals surface area contributed by atoms with E-state index in [9.17, 15) is 14.0 Å². The molecule has 0 aliphatic carbocycles. The lowest BCUT2D eigenvalue weighted by Crippen LogP contribution is -2.20. The smallest absolute Gasteiger partial charge is 0.244 e. The van der Waals surface area contributed by atoms with E-state index in [1.54, 1.807) is 24.3 Å². The Morgan fingerprint density at radius 3 is 2.79 bits per heavy atom. The summed E-state index contributed by atoms with van der Waals surface area (Å²) >= 11 is 0. The molecule has 0 fully saturated rings. The largest absolute Gasteiger partial charge is 0.497 e. The summed E-state index contributed by atoms with van der Waals surface area (Å²) < 4.78 is 20.6. The first-order valence-corrected chi connectivity index (χ1v) is 7.30. The van der Waals surface area contributed by atoms with Gasteiger partial charge in [-0.1, -0.05) is 12.1 Å². The Balaban J connectivity index is 1.88. The van der Waals surface area contributed by atoms with Crippen LogP contribution < -0.4 is 15.5 Å². The third kappa shape index (κ3) is 3.12. The molecule has 2 aromatic carbocycles. The molecule has 5 nitrogen and oxygen atoms in total. The Kier molecular flexibility index (Phi) is 4.29. The molecular formula is C18H15FN2O3. The first-order chi connectivity index (χ1) is 11.6. The number of pyridine rings is 1. The fourth-order valence-corrected chi connectivity index (χ4v) is 2.52. The minimum Gasteiger partial charge on any atom is -0.497 e. The van der Waals surface area contributed by atoms with Gasteiger partial charge in [-0.05, 0) is 24.3 Å². The zero-order valence-corrected chi connectivity index (χ0v) is 13.0. The summed E-state index contributed by atoms with van der Waals surface area (Å²) in [6.45, 7) is -0.116. The van der Waals surface area contributed by atoms with Gasteiger partial charge in [-0.3, -0.25) is 9.59 Å². The van der Waals surface area contributed by atoms with Gasteiger partial charge in [-0.15, -0.1) is 0 Å². The first kappa shape index (κ1) is 15.7. The molecule has 0 spiro atoms. The molecule has 1 aromatic heterocycles. The number of carbonyl (C=O) groups excluding carboxylic acids is 1. The van der Waals surface area contributed by atoms with Crippen molar-refractivity contribution >= 4 is 22.5 Å². The molecule has 6 heteroatoms. The predicted molar refractivity (Wildman–Crippen MR) is 89.8 cm³/mol. The van der Waals surface area contributed by atoms with Crippen molar-refractivity contribution in [2.45, 2.75) is 6.54 Å². The zero-order valence-electron chi connectivity index (χ0n) is 13.0. The Morgan fingerprint density at radius 1 is 1.21 bits per heavy atom. The Morgan fingerprint density at radius 2 is 2.00 bits per heavy atom. The molecule has 0 bridgehead atoms. The average Bonchev–Trinajstić information content (AvgIpc) is 2.58. The van der Waals surface area contributed by atoms with Crippen molar-refractivity contribution in [3.05, 3.63) is 70.8 Å². The molecule has 0 saturated carbocycles. The number of amides is 1. The van der Waals surface area contributed by atoms with Crippen LogP contribution in [0.1, 0.15) is 0 Å². The van der Waals surface area contributed by atoms with E-state index in [1.165, 1.54) is 42.1 Å². The van der Waals surface area contributed by atoms with Crippen molar-refractivity contribution < 1.29 is 13.9 Å². The molecule has 3 rings (SSSR count). The highest BCUT2D eigenvalue weighted by atomic mass is 19.1. The summed E-state index contributed by atoms with van der Waals surface area (Å²) in [6.07, 6.45) is 1.42. The fraction of sp³-hybridized carbons (Fsp3) is 0.111. The summed E-state index contributed by atoms with van der Waals surface area (Å²) in [5.41, 5.74) is 0.407. The topological polar surface area (TPSA) is 60.3 Å². The Bertz CT molecular complexity index is 966. The molecule has 1 heterocycles. The van der Waals surface area contributed by atoms with Crippen LogP contribution in [0.3, 0.4) is 0 Å². The average molecular weight is 326 g/mol. The van der Waals surface area contributed by atoms with Crippen molar-refractivity contribution in [1.29, 1.82) is 0 Å². The number of nitrogens with one attached hydrogen (secondary N) is 1. The number of rotatable bonds is 4. The molecule has 0 radical (unpaired) electrons. The van der Waals surface area contributed by atoms with Crippen LogP contribution in [0.15, 0.2) is 59.5 Å². The van der Waals surface area contributed by atoms with Gasteiger partial charge in [0.15, 0.2) is 5.43 Å². The normalized spacial score (nSPS) is 10.6. The van der Waals surface area contributed by atoms with E-state index in [0.717, 1.165) is 0 Å². The van der Waals surface area contributed by atoms with Crippen LogP contribution in [0.25, 0.3) is 10.9 Å². The van der Waals surface area contributed by atoms with Crippen LogP contribution in [0.4, 0.5) is 10.1 Å². The van der Waals surface area contributed by atoms with Gasteiger partial charge < -0.3 is 14.6 Å². The summed E-state index contributed by atoms with van der Waals surface area (Å²) in [7, 11) is 1.54. The second kappa shape index (κ2) is 6.54. The van der Waals surface area contributed by atoms with E-state index in [1.807, 2.05) is 0 Å². The first-order valence-electron chi connectivity index (χ1n) is 7.30. The zero-order chi connectivity index (χ0) is 17.1. The lowest BCUT2D eigenvalue weighted by molar-refractivity contribution is -0.116. The van der Waals surface area contributed by atoms with E-state index >= 15 is 0 Å². The van der Waals surface area contributed by atoms with Gasteiger partial charge in [0, 0.05) is 29.4 Å². The molecule has 0 aliphatic heterocycles. The van der Waals surface area contributed by atoms with Crippen molar-refractivity contribution in [3.63, 3.8) is 0 Å². The molecule has 0 atom stereocenters. The Hall–Kier alpha value is -3.15. The maximum atomic E-state index is 14.1. The van der Waals surface area contributed by atoms with Gasteiger partial charge in [0.05, 0.1) is 12.6 Å². The molecule has 122 valence electrons. The van der Waals surface area contributed by atoms with Crippen molar-refractivity contribution in [2.75, 3.05) is 12.4 Å². The number of fused-ring (bicyclic) bond motifs is 1.